The fraction of sp³-hybridized carbons (Fsp3) is 0.905. The van der Waals surface area contributed by atoms with Gasteiger partial charge in [0.05, 0.1) is 12.3 Å². The minimum Gasteiger partial charge on any atom is -0.393 e. The second kappa shape index (κ2) is 13.4. The van der Waals surface area contributed by atoms with Crippen LogP contribution in [0.3, 0.4) is 0 Å². The van der Waals surface area contributed by atoms with Gasteiger partial charge in [0.1, 0.15) is 0 Å². The zero-order valence-corrected chi connectivity index (χ0v) is 16.0. The van der Waals surface area contributed by atoms with Crippen molar-refractivity contribution in [2.45, 2.75) is 110 Å². The number of esters is 2. The van der Waals surface area contributed by atoms with Gasteiger partial charge in [-0.1, -0.05) is 97.3 Å². The Morgan fingerprint density at radius 1 is 0.792 bits per heavy atom. The van der Waals surface area contributed by atoms with Gasteiger partial charge in [-0.05, 0) is 12.3 Å². The molecule has 1 heterocycles. The lowest BCUT2D eigenvalue weighted by Crippen LogP contribution is -2.06. The lowest BCUT2D eigenvalue weighted by Gasteiger charge is -2.05. The van der Waals surface area contributed by atoms with Crippen LogP contribution < -0.4 is 0 Å². The SMILES string of the molecule is CC(C)CCCCCCCCCCCCCCC1CC(=O)OC1=O. The summed E-state index contributed by atoms with van der Waals surface area (Å²) in [7, 11) is 0. The summed E-state index contributed by atoms with van der Waals surface area (Å²) in [6.45, 7) is 4.62. The molecular formula is C21H38O3. The minimum atomic E-state index is -0.343. The molecule has 0 aromatic rings. The van der Waals surface area contributed by atoms with Gasteiger partial charge >= 0.3 is 11.9 Å². The van der Waals surface area contributed by atoms with Gasteiger partial charge in [-0.25, -0.2) is 0 Å². The van der Waals surface area contributed by atoms with E-state index in [9.17, 15) is 9.59 Å². The predicted molar refractivity (Wildman–Crippen MR) is 98.7 cm³/mol. The molecule has 1 fully saturated rings. The van der Waals surface area contributed by atoms with Crippen LogP contribution in [0.1, 0.15) is 110 Å². The molecule has 3 heteroatoms. The molecule has 0 amide bonds. The van der Waals surface area contributed by atoms with Crippen molar-refractivity contribution >= 4 is 11.9 Å². The smallest absolute Gasteiger partial charge is 0.317 e. The molecular weight excluding hydrogens is 300 g/mol. The Morgan fingerprint density at radius 2 is 1.25 bits per heavy atom. The standard InChI is InChI=1S/C21H38O3/c1-18(2)15-13-11-9-7-5-3-4-6-8-10-12-14-16-19-17-20(22)24-21(19)23/h18-19H,3-17H2,1-2H3. The third-order valence-corrected chi connectivity index (χ3v) is 5.04. The Kier molecular flexibility index (Phi) is 11.9. The van der Waals surface area contributed by atoms with Crippen LogP contribution in [-0.4, -0.2) is 11.9 Å². The van der Waals surface area contributed by atoms with Gasteiger partial charge < -0.3 is 4.74 Å². The van der Waals surface area contributed by atoms with Crippen molar-refractivity contribution < 1.29 is 14.3 Å². The van der Waals surface area contributed by atoms with Crippen LogP contribution in [0.15, 0.2) is 0 Å². The maximum absolute atomic E-state index is 11.3. The molecule has 1 atom stereocenters. The first-order valence-corrected chi connectivity index (χ1v) is 10.3. The number of ether oxygens (including phenoxy) is 1. The van der Waals surface area contributed by atoms with Crippen LogP contribution in [-0.2, 0) is 14.3 Å². The molecule has 0 spiro atoms. The van der Waals surface area contributed by atoms with Gasteiger partial charge in [-0.15, -0.1) is 0 Å². The topological polar surface area (TPSA) is 43.4 Å². The molecule has 140 valence electrons. The van der Waals surface area contributed by atoms with E-state index in [2.05, 4.69) is 18.6 Å². The molecule has 1 aliphatic rings. The lowest BCUT2D eigenvalue weighted by molar-refractivity contribution is -0.153. The Hall–Kier alpha value is -0.860. The molecule has 0 aliphatic carbocycles. The third-order valence-electron chi connectivity index (χ3n) is 5.04. The molecule has 0 radical (unpaired) electrons. The summed E-state index contributed by atoms with van der Waals surface area (Å²) in [5, 5.41) is 0. The molecule has 0 bridgehead atoms. The van der Waals surface area contributed by atoms with Crippen molar-refractivity contribution in [3.63, 3.8) is 0 Å². The van der Waals surface area contributed by atoms with E-state index in [1.165, 1.54) is 77.0 Å². The van der Waals surface area contributed by atoms with E-state index >= 15 is 0 Å². The summed E-state index contributed by atoms with van der Waals surface area (Å²) >= 11 is 0. The number of hydrogen-bond donors (Lipinski definition) is 0. The van der Waals surface area contributed by atoms with E-state index in [1.54, 1.807) is 0 Å². The van der Waals surface area contributed by atoms with E-state index in [0.29, 0.717) is 6.42 Å². The monoisotopic (exact) mass is 338 g/mol. The Morgan fingerprint density at radius 3 is 1.67 bits per heavy atom. The van der Waals surface area contributed by atoms with Gasteiger partial charge in [0.25, 0.3) is 0 Å². The fourth-order valence-corrected chi connectivity index (χ4v) is 3.45. The highest BCUT2D eigenvalue weighted by Crippen LogP contribution is 2.22. The summed E-state index contributed by atoms with van der Waals surface area (Å²) < 4.78 is 4.57. The summed E-state index contributed by atoms with van der Waals surface area (Å²) in [6, 6.07) is 0. The average Bonchev–Trinajstić information content (AvgIpc) is 2.85. The molecule has 0 saturated carbocycles. The van der Waals surface area contributed by atoms with Crippen molar-refractivity contribution in [1.82, 2.24) is 0 Å². The zero-order chi connectivity index (χ0) is 17.6. The average molecular weight is 339 g/mol. The molecule has 0 aromatic heterocycles. The zero-order valence-electron chi connectivity index (χ0n) is 16.0. The third kappa shape index (κ3) is 10.8. The maximum atomic E-state index is 11.3. The van der Waals surface area contributed by atoms with Gasteiger partial charge in [0, 0.05) is 0 Å². The highest BCUT2D eigenvalue weighted by atomic mass is 16.6. The van der Waals surface area contributed by atoms with E-state index in [1.807, 2.05) is 0 Å². The molecule has 3 nitrogen and oxygen atoms in total. The van der Waals surface area contributed by atoms with Crippen molar-refractivity contribution in [2.24, 2.45) is 11.8 Å². The van der Waals surface area contributed by atoms with Crippen molar-refractivity contribution in [2.75, 3.05) is 0 Å². The molecule has 24 heavy (non-hydrogen) atoms. The Bertz CT molecular complexity index is 349. The maximum Gasteiger partial charge on any atom is 0.317 e. The number of unbranched alkanes of at least 4 members (excludes halogenated alkanes) is 11. The lowest BCUT2D eigenvalue weighted by atomic mass is 9.98. The van der Waals surface area contributed by atoms with E-state index in [4.69, 9.17) is 0 Å². The highest BCUT2D eigenvalue weighted by molar-refractivity contribution is 5.94. The molecule has 1 saturated heterocycles. The van der Waals surface area contributed by atoms with E-state index < -0.39 is 0 Å². The number of rotatable bonds is 15. The van der Waals surface area contributed by atoms with Gasteiger partial charge in [0.2, 0.25) is 0 Å². The molecule has 1 aliphatic heterocycles. The quantitative estimate of drug-likeness (QED) is 0.203. The first kappa shape index (κ1) is 21.2. The van der Waals surface area contributed by atoms with Gasteiger partial charge in [0.15, 0.2) is 0 Å². The Labute approximate surface area is 148 Å². The van der Waals surface area contributed by atoms with Gasteiger partial charge in [-0.3, -0.25) is 9.59 Å². The second-order valence-corrected chi connectivity index (χ2v) is 7.91. The van der Waals surface area contributed by atoms with Crippen molar-refractivity contribution in [3.8, 4) is 0 Å². The molecule has 1 unspecified atom stereocenters. The molecule has 1 rings (SSSR count). The summed E-state index contributed by atoms with van der Waals surface area (Å²) in [5.74, 6) is 0.0617. The van der Waals surface area contributed by atoms with Crippen LogP contribution in [0.5, 0.6) is 0 Å². The predicted octanol–water partition coefficient (Wildman–Crippen LogP) is 6.19. The van der Waals surface area contributed by atoms with E-state index in [0.717, 1.165) is 18.8 Å². The summed E-state index contributed by atoms with van der Waals surface area (Å²) in [6.07, 6.45) is 18.4. The number of carbonyl (C=O) groups excluding carboxylic acids is 2. The van der Waals surface area contributed by atoms with E-state index in [-0.39, 0.29) is 17.9 Å². The minimum absolute atomic E-state index is 0.155. The number of cyclic esters (lactones) is 2. The van der Waals surface area contributed by atoms with Crippen molar-refractivity contribution in [1.29, 1.82) is 0 Å². The largest absolute Gasteiger partial charge is 0.393 e. The van der Waals surface area contributed by atoms with Crippen LogP contribution in [0.2, 0.25) is 0 Å². The van der Waals surface area contributed by atoms with Gasteiger partial charge in [-0.2, -0.15) is 0 Å². The number of carbonyl (C=O) groups is 2. The second-order valence-electron chi connectivity index (χ2n) is 7.91. The summed E-state index contributed by atoms with van der Waals surface area (Å²) in [5.41, 5.74) is 0. The first-order valence-electron chi connectivity index (χ1n) is 10.3. The number of hydrogen-bond acceptors (Lipinski definition) is 3. The molecule has 0 aromatic carbocycles. The molecule has 0 N–H and O–H groups in total. The van der Waals surface area contributed by atoms with Crippen LogP contribution in [0.25, 0.3) is 0 Å². The first-order chi connectivity index (χ1) is 11.6. The van der Waals surface area contributed by atoms with Crippen LogP contribution >= 0.6 is 0 Å². The van der Waals surface area contributed by atoms with Crippen molar-refractivity contribution in [3.05, 3.63) is 0 Å². The highest BCUT2D eigenvalue weighted by Gasteiger charge is 2.32. The Balaban J connectivity index is 1.75. The van der Waals surface area contributed by atoms with Crippen LogP contribution in [0, 0.1) is 11.8 Å². The summed E-state index contributed by atoms with van der Waals surface area (Å²) in [4.78, 5) is 22.3. The fourth-order valence-electron chi connectivity index (χ4n) is 3.45. The normalized spacial score (nSPS) is 17.7. The van der Waals surface area contributed by atoms with Crippen LogP contribution in [0.4, 0.5) is 0 Å².